The fourth-order valence-electron chi connectivity index (χ4n) is 9.79. The molecule has 6 nitrogen and oxygen atoms in total. The maximum atomic E-state index is 12.8. The van der Waals surface area contributed by atoms with Gasteiger partial charge in [-0.15, -0.1) is 0 Å². The molecule has 0 aromatic rings. The van der Waals surface area contributed by atoms with E-state index >= 15 is 0 Å². The first-order valence-electron chi connectivity index (χ1n) is 33.3. The molecule has 0 aromatic carbocycles. The van der Waals surface area contributed by atoms with E-state index in [9.17, 15) is 14.4 Å². The Balaban J connectivity index is 3.96. The van der Waals surface area contributed by atoms with Crippen molar-refractivity contribution in [1.29, 1.82) is 0 Å². The van der Waals surface area contributed by atoms with E-state index in [0.29, 0.717) is 19.3 Å². The molecule has 0 saturated heterocycles. The standard InChI is InChI=1S/C70H126O6/c1-4-7-10-13-16-18-20-22-24-26-28-29-30-31-32-33-34-35-36-37-38-39-40-41-43-44-46-48-50-52-54-57-60-63-69(72)75-66-67(65-74-68(71)62-59-56-15-12-9-6-3)76-70(73)64-61-58-55-53-51-49-47-45-42-27-25-23-21-19-17-14-11-8-5-2/h8,11,17,19,23,25-26,28,42,45,67H,4-7,9-10,12-16,18,20-22,24,27,29-41,43-44,46-66H2,1-3H3/b11-8-,19-17-,25-23-,28-26-,45-42-. The van der Waals surface area contributed by atoms with Gasteiger partial charge in [0.25, 0.3) is 0 Å². The van der Waals surface area contributed by atoms with Gasteiger partial charge in [-0.25, -0.2) is 0 Å². The van der Waals surface area contributed by atoms with E-state index in [1.807, 2.05) is 0 Å². The third-order valence-corrected chi connectivity index (χ3v) is 14.8. The zero-order valence-corrected chi connectivity index (χ0v) is 50.8. The number of unbranched alkanes of at least 4 members (excludes halogenated alkanes) is 40. The second kappa shape index (κ2) is 64.6. The molecule has 0 heterocycles. The van der Waals surface area contributed by atoms with Crippen LogP contribution in [0.4, 0.5) is 0 Å². The number of esters is 3. The Kier molecular flexibility index (Phi) is 62.2. The van der Waals surface area contributed by atoms with E-state index in [4.69, 9.17) is 14.2 Å². The normalized spacial score (nSPS) is 12.4. The maximum Gasteiger partial charge on any atom is 0.306 e. The van der Waals surface area contributed by atoms with Crippen LogP contribution in [-0.4, -0.2) is 37.2 Å². The molecular weight excluding hydrogens is 937 g/mol. The van der Waals surface area contributed by atoms with Crippen molar-refractivity contribution in [2.45, 2.75) is 354 Å². The van der Waals surface area contributed by atoms with Gasteiger partial charge in [-0.2, -0.15) is 0 Å². The molecule has 1 atom stereocenters. The lowest BCUT2D eigenvalue weighted by molar-refractivity contribution is -0.167. The van der Waals surface area contributed by atoms with Crippen LogP contribution in [0.2, 0.25) is 0 Å². The molecule has 0 aliphatic heterocycles. The van der Waals surface area contributed by atoms with E-state index in [1.54, 1.807) is 0 Å². The van der Waals surface area contributed by atoms with Crippen LogP contribution in [0.15, 0.2) is 60.8 Å². The molecule has 0 radical (unpaired) electrons. The number of rotatable bonds is 61. The van der Waals surface area contributed by atoms with Crippen LogP contribution in [-0.2, 0) is 28.6 Å². The fraction of sp³-hybridized carbons (Fsp3) is 0.814. The zero-order chi connectivity index (χ0) is 55.0. The Hall–Kier alpha value is -2.89. The van der Waals surface area contributed by atoms with Crippen molar-refractivity contribution in [1.82, 2.24) is 0 Å². The number of hydrogen-bond donors (Lipinski definition) is 0. The molecule has 0 aromatic heterocycles. The Labute approximate surface area is 472 Å². The molecular formula is C70H126O6. The SMILES string of the molecule is CC/C=C\C/C=C\C/C=C\C/C=C\CCCCCCCCC(=O)OC(COC(=O)CCCCCCCC)COC(=O)CCCCCCCCCCCCCCCCCCCCCCC/C=C\CCCCCCCCCC. The lowest BCUT2D eigenvalue weighted by Gasteiger charge is -2.18. The monoisotopic (exact) mass is 1060 g/mol. The molecule has 0 aliphatic carbocycles. The lowest BCUT2D eigenvalue weighted by Crippen LogP contribution is -2.30. The number of hydrogen-bond acceptors (Lipinski definition) is 6. The van der Waals surface area contributed by atoms with Crippen molar-refractivity contribution in [3.63, 3.8) is 0 Å². The highest BCUT2D eigenvalue weighted by atomic mass is 16.6. The molecule has 0 saturated carbocycles. The predicted molar refractivity (Wildman–Crippen MR) is 330 cm³/mol. The average Bonchev–Trinajstić information content (AvgIpc) is 3.42. The summed E-state index contributed by atoms with van der Waals surface area (Å²) in [6.07, 6.45) is 82.9. The van der Waals surface area contributed by atoms with E-state index in [-0.39, 0.29) is 31.1 Å². The van der Waals surface area contributed by atoms with Crippen LogP contribution in [0.3, 0.4) is 0 Å². The van der Waals surface area contributed by atoms with Crippen molar-refractivity contribution in [3.05, 3.63) is 60.8 Å². The van der Waals surface area contributed by atoms with E-state index in [2.05, 4.69) is 81.5 Å². The molecule has 1 unspecified atom stereocenters. The maximum absolute atomic E-state index is 12.8. The van der Waals surface area contributed by atoms with Gasteiger partial charge in [0, 0.05) is 19.3 Å². The minimum absolute atomic E-state index is 0.0769. The van der Waals surface area contributed by atoms with Crippen LogP contribution in [0.5, 0.6) is 0 Å². The fourth-order valence-corrected chi connectivity index (χ4v) is 9.79. The largest absolute Gasteiger partial charge is 0.462 e. The quantitative estimate of drug-likeness (QED) is 0.0261. The highest BCUT2D eigenvalue weighted by molar-refractivity contribution is 5.71. The summed E-state index contributed by atoms with van der Waals surface area (Å²) in [5, 5.41) is 0. The van der Waals surface area contributed by atoms with Gasteiger partial charge in [0.05, 0.1) is 0 Å². The highest BCUT2D eigenvalue weighted by Gasteiger charge is 2.19. The summed E-state index contributed by atoms with van der Waals surface area (Å²) in [4.78, 5) is 38.0. The number of ether oxygens (including phenoxy) is 3. The molecule has 76 heavy (non-hydrogen) atoms. The van der Waals surface area contributed by atoms with Gasteiger partial charge in [-0.1, -0.05) is 306 Å². The minimum Gasteiger partial charge on any atom is -0.462 e. The first kappa shape index (κ1) is 73.1. The van der Waals surface area contributed by atoms with Crippen LogP contribution in [0, 0.1) is 0 Å². The van der Waals surface area contributed by atoms with Gasteiger partial charge in [0.15, 0.2) is 6.10 Å². The highest BCUT2D eigenvalue weighted by Crippen LogP contribution is 2.18. The van der Waals surface area contributed by atoms with Crippen LogP contribution in [0.1, 0.15) is 348 Å². The summed E-state index contributed by atoms with van der Waals surface area (Å²) in [6.45, 7) is 6.49. The van der Waals surface area contributed by atoms with Crippen molar-refractivity contribution >= 4 is 17.9 Å². The number of allylic oxidation sites excluding steroid dienone is 10. The van der Waals surface area contributed by atoms with Gasteiger partial charge in [-0.05, 0) is 83.5 Å². The van der Waals surface area contributed by atoms with Gasteiger partial charge >= 0.3 is 17.9 Å². The Morgan fingerprint density at radius 3 is 0.816 bits per heavy atom. The predicted octanol–water partition coefficient (Wildman–Crippen LogP) is 22.7. The summed E-state index contributed by atoms with van der Waals surface area (Å²) >= 11 is 0. The molecule has 0 aliphatic rings. The summed E-state index contributed by atoms with van der Waals surface area (Å²) in [5.74, 6) is -0.886. The van der Waals surface area contributed by atoms with Crippen LogP contribution < -0.4 is 0 Å². The second-order valence-corrected chi connectivity index (χ2v) is 22.4. The van der Waals surface area contributed by atoms with Crippen molar-refractivity contribution in [2.75, 3.05) is 13.2 Å². The minimum atomic E-state index is -0.778. The van der Waals surface area contributed by atoms with Crippen molar-refractivity contribution < 1.29 is 28.6 Å². The molecule has 0 amide bonds. The van der Waals surface area contributed by atoms with Gasteiger partial charge in [0.1, 0.15) is 13.2 Å². The third kappa shape index (κ3) is 62.0. The van der Waals surface area contributed by atoms with E-state index < -0.39 is 6.10 Å². The van der Waals surface area contributed by atoms with E-state index in [1.165, 1.54) is 212 Å². The first-order valence-corrected chi connectivity index (χ1v) is 33.3. The number of carbonyl (C=O) groups is 3. The lowest BCUT2D eigenvalue weighted by atomic mass is 10.0. The van der Waals surface area contributed by atoms with Gasteiger partial charge < -0.3 is 14.2 Å². The zero-order valence-electron chi connectivity index (χ0n) is 50.8. The third-order valence-electron chi connectivity index (χ3n) is 14.8. The molecule has 0 fully saturated rings. The van der Waals surface area contributed by atoms with Crippen molar-refractivity contribution in [3.8, 4) is 0 Å². The Morgan fingerprint density at radius 2 is 0.513 bits per heavy atom. The van der Waals surface area contributed by atoms with Gasteiger partial charge in [0.2, 0.25) is 0 Å². The van der Waals surface area contributed by atoms with Gasteiger partial charge in [-0.3, -0.25) is 14.4 Å². The van der Waals surface area contributed by atoms with Crippen molar-refractivity contribution in [2.24, 2.45) is 0 Å². The molecule has 0 rings (SSSR count). The topological polar surface area (TPSA) is 78.9 Å². The molecule has 0 bridgehead atoms. The smallest absolute Gasteiger partial charge is 0.306 e. The second-order valence-electron chi connectivity index (χ2n) is 22.4. The molecule has 6 heteroatoms. The van der Waals surface area contributed by atoms with Crippen LogP contribution >= 0.6 is 0 Å². The van der Waals surface area contributed by atoms with E-state index in [0.717, 1.165) is 96.3 Å². The van der Waals surface area contributed by atoms with Crippen LogP contribution in [0.25, 0.3) is 0 Å². The summed E-state index contributed by atoms with van der Waals surface area (Å²) in [7, 11) is 0. The summed E-state index contributed by atoms with van der Waals surface area (Å²) in [6, 6.07) is 0. The molecule has 0 spiro atoms. The first-order chi connectivity index (χ1) is 37.5. The molecule has 442 valence electrons. The Morgan fingerprint density at radius 1 is 0.276 bits per heavy atom. The summed E-state index contributed by atoms with van der Waals surface area (Å²) in [5.41, 5.74) is 0. The average molecular weight is 1060 g/mol. The number of carbonyl (C=O) groups excluding carboxylic acids is 3. The summed E-state index contributed by atoms with van der Waals surface area (Å²) < 4.78 is 16.8. The Bertz CT molecular complexity index is 1360. The molecule has 0 N–H and O–H groups in total.